The van der Waals surface area contributed by atoms with Crippen molar-refractivity contribution in [3.8, 4) is 11.5 Å². The Balaban J connectivity index is 2.22. The Kier molecular flexibility index (Phi) is 4.45. The smallest absolute Gasteiger partial charge is 0.269 e. The number of rotatable bonds is 5. The fourth-order valence-corrected chi connectivity index (χ4v) is 1.62. The van der Waals surface area contributed by atoms with Crippen LogP contribution in [-0.2, 0) is 0 Å². The lowest BCUT2D eigenvalue weighted by atomic mass is 10.3. The summed E-state index contributed by atoms with van der Waals surface area (Å²) < 4.78 is 10.3. The second-order valence-electron chi connectivity index (χ2n) is 4.01. The van der Waals surface area contributed by atoms with Crippen LogP contribution in [0.2, 0.25) is 0 Å². The Morgan fingerprint density at radius 2 is 1.71 bits per heavy atom. The van der Waals surface area contributed by atoms with E-state index in [0.29, 0.717) is 22.9 Å². The van der Waals surface area contributed by atoms with Gasteiger partial charge in [-0.15, -0.1) is 5.11 Å². The third-order valence-corrected chi connectivity index (χ3v) is 2.72. The molecule has 2 aromatic rings. The van der Waals surface area contributed by atoms with Crippen molar-refractivity contribution >= 4 is 17.1 Å². The van der Waals surface area contributed by atoms with Gasteiger partial charge in [-0.05, 0) is 24.3 Å². The van der Waals surface area contributed by atoms with Crippen LogP contribution in [0.25, 0.3) is 0 Å². The van der Waals surface area contributed by atoms with Crippen molar-refractivity contribution in [2.24, 2.45) is 10.2 Å². The molecule has 0 spiro atoms. The Labute approximate surface area is 121 Å². The Morgan fingerprint density at radius 3 is 2.29 bits per heavy atom. The van der Waals surface area contributed by atoms with Crippen molar-refractivity contribution < 1.29 is 14.4 Å². The van der Waals surface area contributed by atoms with Crippen molar-refractivity contribution in [2.75, 3.05) is 14.2 Å². The summed E-state index contributed by atoms with van der Waals surface area (Å²) in [6, 6.07) is 11.0. The van der Waals surface area contributed by atoms with E-state index in [9.17, 15) is 10.1 Å². The molecule has 0 aromatic heterocycles. The van der Waals surface area contributed by atoms with Gasteiger partial charge in [-0.2, -0.15) is 5.11 Å². The Morgan fingerprint density at radius 1 is 1.00 bits per heavy atom. The average molecular weight is 287 g/mol. The normalized spacial score (nSPS) is 10.6. The summed E-state index contributed by atoms with van der Waals surface area (Å²) in [6.07, 6.45) is 0. The molecule has 0 aliphatic rings. The maximum absolute atomic E-state index is 10.6. The summed E-state index contributed by atoms with van der Waals surface area (Å²) in [6.45, 7) is 0. The molecule has 0 bridgehead atoms. The lowest BCUT2D eigenvalue weighted by Crippen LogP contribution is -1.86. The Bertz CT molecular complexity index is 668. The monoisotopic (exact) mass is 287 g/mol. The SMILES string of the molecule is COc1ccc(N=Nc2ccc([N+](=O)[O-])cc2)c(OC)c1. The molecule has 0 radical (unpaired) electrons. The number of methoxy groups -OCH3 is 2. The van der Waals surface area contributed by atoms with Gasteiger partial charge in [0.2, 0.25) is 0 Å². The van der Waals surface area contributed by atoms with Gasteiger partial charge in [0.1, 0.15) is 17.2 Å². The van der Waals surface area contributed by atoms with Crippen LogP contribution >= 0.6 is 0 Å². The number of azo groups is 1. The first kappa shape index (κ1) is 14.4. The molecule has 2 rings (SSSR count). The van der Waals surface area contributed by atoms with Crippen molar-refractivity contribution in [1.29, 1.82) is 0 Å². The van der Waals surface area contributed by atoms with Crippen LogP contribution in [0, 0.1) is 10.1 Å². The van der Waals surface area contributed by atoms with Crippen molar-refractivity contribution in [3.63, 3.8) is 0 Å². The lowest BCUT2D eigenvalue weighted by molar-refractivity contribution is -0.384. The maximum Gasteiger partial charge on any atom is 0.269 e. The summed E-state index contributed by atoms with van der Waals surface area (Å²) in [7, 11) is 3.09. The minimum atomic E-state index is -0.465. The van der Waals surface area contributed by atoms with Crippen LogP contribution in [0.5, 0.6) is 11.5 Å². The molecular weight excluding hydrogens is 274 g/mol. The summed E-state index contributed by atoms with van der Waals surface area (Å²) in [5, 5.41) is 18.7. The van der Waals surface area contributed by atoms with Crippen molar-refractivity contribution in [2.45, 2.75) is 0 Å². The zero-order valence-electron chi connectivity index (χ0n) is 11.5. The number of nitro benzene ring substituents is 1. The van der Waals surface area contributed by atoms with E-state index in [4.69, 9.17) is 9.47 Å². The van der Waals surface area contributed by atoms with Gasteiger partial charge in [-0.25, -0.2) is 0 Å². The number of nitro groups is 1. The highest BCUT2D eigenvalue weighted by atomic mass is 16.6. The molecule has 21 heavy (non-hydrogen) atoms. The van der Waals surface area contributed by atoms with Crippen molar-refractivity contribution in [1.82, 2.24) is 0 Å². The quantitative estimate of drug-likeness (QED) is 0.472. The minimum Gasteiger partial charge on any atom is -0.497 e. The number of benzene rings is 2. The molecule has 0 saturated carbocycles. The highest BCUT2D eigenvalue weighted by Crippen LogP contribution is 2.32. The van der Waals surface area contributed by atoms with E-state index in [-0.39, 0.29) is 5.69 Å². The fraction of sp³-hybridized carbons (Fsp3) is 0.143. The van der Waals surface area contributed by atoms with Crippen LogP contribution in [0.15, 0.2) is 52.7 Å². The number of ether oxygens (including phenoxy) is 2. The Hall–Kier alpha value is -2.96. The third-order valence-electron chi connectivity index (χ3n) is 2.72. The maximum atomic E-state index is 10.6. The molecule has 0 unspecified atom stereocenters. The second kappa shape index (κ2) is 6.47. The zero-order chi connectivity index (χ0) is 15.2. The standard InChI is InChI=1S/C14H13N3O4/c1-20-12-7-8-13(14(9-12)21-2)16-15-10-3-5-11(6-4-10)17(18)19/h3-9H,1-2H3. The van der Waals surface area contributed by atoms with E-state index in [1.165, 1.54) is 31.4 Å². The molecule has 0 fully saturated rings. The molecule has 2 aromatic carbocycles. The number of hydrogen-bond donors (Lipinski definition) is 0. The molecule has 0 heterocycles. The fourth-order valence-electron chi connectivity index (χ4n) is 1.62. The van der Waals surface area contributed by atoms with E-state index in [0.717, 1.165) is 0 Å². The van der Waals surface area contributed by atoms with E-state index < -0.39 is 4.92 Å². The number of hydrogen-bond acceptors (Lipinski definition) is 6. The van der Waals surface area contributed by atoms with Gasteiger partial charge >= 0.3 is 0 Å². The molecule has 0 N–H and O–H groups in total. The molecule has 0 saturated heterocycles. The molecule has 0 aliphatic carbocycles. The predicted octanol–water partition coefficient (Wildman–Crippen LogP) is 4.03. The van der Waals surface area contributed by atoms with Crippen LogP contribution in [0.3, 0.4) is 0 Å². The highest BCUT2D eigenvalue weighted by molar-refractivity contribution is 5.55. The van der Waals surface area contributed by atoms with Gasteiger partial charge < -0.3 is 9.47 Å². The van der Waals surface area contributed by atoms with E-state index >= 15 is 0 Å². The first-order chi connectivity index (χ1) is 10.1. The summed E-state index contributed by atoms with van der Waals surface area (Å²) in [5.74, 6) is 1.18. The lowest BCUT2D eigenvalue weighted by Gasteiger charge is -2.05. The van der Waals surface area contributed by atoms with E-state index in [1.807, 2.05) is 0 Å². The van der Waals surface area contributed by atoms with Gasteiger partial charge in [0.05, 0.1) is 24.8 Å². The van der Waals surface area contributed by atoms with Crippen LogP contribution in [0.4, 0.5) is 17.1 Å². The van der Waals surface area contributed by atoms with Crippen molar-refractivity contribution in [3.05, 3.63) is 52.6 Å². The molecule has 7 heteroatoms. The third kappa shape index (κ3) is 3.53. The van der Waals surface area contributed by atoms with Crippen LogP contribution < -0.4 is 9.47 Å². The van der Waals surface area contributed by atoms with E-state index in [1.54, 1.807) is 25.3 Å². The van der Waals surface area contributed by atoms with Gasteiger partial charge in [0.25, 0.3) is 5.69 Å². The molecular formula is C14H13N3O4. The van der Waals surface area contributed by atoms with Crippen LogP contribution in [-0.4, -0.2) is 19.1 Å². The first-order valence-electron chi connectivity index (χ1n) is 6.02. The first-order valence-corrected chi connectivity index (χ1v) is 6.02. The second-order valence-corrected chi connectivity index (χ2v) is 4.01. The topological polar surface area (TPSA) is 86.3 Å². The number of nitrogens with zero attached hydrogens (tertiary/aromatic N) is 3. The molecule has 0 atom stereocenters. The largest absolute Gasteiger partial charge is 0.497 e. The molecule has 108 valence electrons. The van der Waals surface area contributed by atoms with E-state index in [2.05, 4.69) is 10.2 Å². The van der Waals surface area contributed by atoms with Gasteiger partial charge in [0, 0.05) is 18.2 Å². The summed E-state index contributed by atoms with van der Waals surface area (Å²) >= 11 is 0. The molecule has 7 nitrogen and oxygen atoms in total. The average Bonchev–Trinajstić information content (AvgIpc) is 2.53. The zero-order valence-corrected chi connectivity index (χ0v) is 11.5. The van der Waals surface area contributed by atoms with Gasteiger partial charge in [-0.1, -0.05) is 0 Å². The highest BCUT2D eigenvalue weighted by Gasteiger charge is 2.05. The predicted molar refractivity (Wildman–Crippen MR) is 76.8 cm³/mol. The summed E-state index contributed by atoms with van der Waals surface area (Å²) in [4.78, 5) is 10.1. The van der Waals surface area contributed by atoms with Crippen LogP contribution in [0.1, 0.15) is 0 Å². The molecule has 0 aliphatic heterocycles. The van der Waals surface area contributed by atoms with Gasteiger partial charge in [-0.3, -0.25) is 10.1 Å². The number of non-ortho nitro benzene ring substituents is 1. The van der Waals surface area contributed by atoms with Gasteiger partial charge in [0.15, 0.2) is 0 Å². The minimum absolute atomic E-state index is 0.0102. The molecule has 0 amide bonds. The summed E-state index contributed by atoms with van der Waals surface area (Å²) in [5.41, 5.74) is 1.06.